The maximum absolute atomic E-state index is 11.8. The fraction of sp³-hybridized carbons (Fsp3) is 0.647. The van der Waals surface area contributed by atoms with Crippen LogP contribution in [0, 0.1) is 0 Å². The molecule has 0 atom stereocenters. The van der Waals surface area contributed by atoms with Crippen LogP contribution >= 0.6 is 0 Å². The number of likely N-dealkylation sites (tertiary alicyclic amines) is 1. The Labute approximate surface area is 131 Å². The van der Waals surface area contributed by atoms with E-state index in [2.05, 4.69) is 0 Å². The van der Waals surface area contributed by atoms with Crippen molar-refractivity contribution in [3.63, 3.8) is 0 Å². The maximum atomic E-state index is 11.8. The lowest BCUT2D eigenvalue weighted by Gasteiger charge is -2.28. The Morgan fingerprint density at radius 2 is 1.91 bits per heavy atom. The smallest absolute Gasteiger partial charge is 0.410 e. The summed E-state index contributed by atoms with van der Waals surface area (Å²) < 4.78 is 6.91. The number of carbonyl (C=O) groups excluding carboxylic acids is 1. The Balaban J connectivity index is 0.000000188. The molecule has 1 spiro atoms. The average molecular weight is 306 g/mol. The largest absolute Gasteiger partial charge is 0.444 e. The van der Waals surface area contributed by atoms with Gasteiger partial charge in [0, 0.05) is 31.4 Å². The van der Waals surface area contributed by atoms with Gasteiger partial charge in [0.25, 0.3) is 0 Å². The molecule has 1 saturated heterocycles. The van der Waals surface area contributed by atoms with Gasteiger partial charge in [0.2, 0.25) is 5.56 Å². The van der Waals surface area contributed by atoms with Crippen LogP contribution in [0.15, 0.2) is 29.2 Å². The van der Waals surface area contributed by atoms with Crippen molar-refractivity contribution in [1.29, 1.82) is 0 Å². The second kappa shape index (κ2) is 6.15. The van der Waals surface area contributed by atoms with E-state index in [0.717, 1.165) is 13.0 Å². The van der Waals surface area contributed by atoms with Gasteiger partial charge in [-0.3, -0.25) is 4.79 Å². The number of ether oxygens (including phenoxy) is 1. The van der Waals surface area contributed by atoms with E-state index >= 15 is 0 Å². The van der Waals surface area contributed by atoms with Crippen LogP contribution in [0.25, 0.3) is 0 Å². The van der Waals surface area contributed by atoms with Gasteiger partial charge in [-0.25, -0.2) is 4.79 Å². The number of carbonyl (C=O) groups is 1. The summed E-state index contributed by atoms with van der Waals surface area (Å²) in [6, 6.07) is 5.07. The highest BCUT2D eigenvalue weighted by Crippen LogP contribution is 2.49. The first kappa shape index (κ1) is 16.6. The van der Waals surface area contributed by atoms with Crippen molar-refractivity contribution >= 4 is 6.09 Å². The average Bonchev–Trinajstić information content (AvgIpc) is 3.03. The van der Waals surface area contributed by atoms with Crippen molar-refractivity contribution < 1.29 is 9.53 Å². The number of amides is 1. The zero-order chi connectivity index (χ0) is 16.4. The number of pyridine rings is 1. The molecule has 0 N–H and O–H groups in total. The van der Waals surface area contributed by atoms with E-state index in [4.69, 9.17) is 4.74 Å². The Kier molecular flexibility index (Phi) is 4.63. The monoisotopic (exact) mass is 306 g/mol. The third kappa shape index (κ3) is 4.12. The number of hydrogen-bond donors (Lipinski definition) is 0. The zero-order valence-electron chi connectivity index (χ0n) is 14.0. The lowest BCUT2D eigenvalue weighted by atomic mass is 10.2. The molecular weight excluding hydrogens is 280 g/mol. The Bertz CT molecular complexity index is 582. The highest BCUT2D eigenvalue weighted by atomic mass is 16.6. The lowest BCUT2D eigenvalue weighted by molar-refractivity contribution is 0.0204. The molecule has 0 radical (unpaired) electrons. The first-order chi connectivity index (χ1) is 10.2. The van der Waals surface area contributed by atoms with Gasteiger partial charge >= 0.3 is 6.09 Å². The van der Waals surface area contributed by atoms with E-state index in [0.29, 0.717) is 0 Å². The molecule has 0 unspecified atom stereocenters. The van der Waals surface area contributed by atoms with Crippen LogP contribution in [-0.2, 0) is 11.8 Å². The molecule has 1 aliphatic heterocycles. The summed E-state index contributed by atoms with van der Waals surface area (Å²) in [7, 11) is 1.72. The number of aryl methyl sites for hydroxylation is 1. The molecule has 122 valence electrons. The van der Waals surface area contributed by atoms with Gasteiger partial charge in [0.1, 0.15) is 5.60 Å². The van der Waals surface area contributed by atoms with Gasteiger partial charge in [-0.2, -0.15) is 0 Å². The van der Waals surface area contributed by atoms with Crippen molar-refractivity contribution in [2.24, 2.45) is 7.05 Å². The molecule has 22 heavy (non-hydrogen) atoms. The molecule has 2 heterocycles. The lowest BCUT2D eigenvalue weighted by Crippen LogP contribution is -2.41. The SMILES string of the molecule is CC(C)(C)OC(=O)N1CCCC12CC2.Cn1ccccc1=O. The van der Waals surface area contributed by atoms with E-state index < -0.39 is 0 Å². The van der Waals surface area contributed by atoms with E-state index in [1.807, 2.05) is 31.7 Å². The molecule has 1 aliphatic carbocycles. The van der Waals surface area contributed by atoms with Crippen molar-refractivity contribution in [3.8, 4) is 0 Å². The Morgan fingerprint density at radius 1 is 1.23 bits per heavy atom. The molecule has 2 aliphatic rings. The quantitative estimate of drug-likeness (QED) is 0.740. The molecular formula is C17H26N2O3. The van der Waals surface area contributed by atoms with Crippen molar-refractivity contribution in [1.82, 2.24) is 9.47 Å². The predicted molar refractivity (Wildman–Crippen MR) is 85.8 cm³/mol. The van der Waals surface area contributed by atoms with Crippen molar-refractivity contribution in [2.45, 2.75) is 57.6 Å². The summed E-state index contributed by atoms with van der Waals surface area (Å²) in [5, 5.41) is 0. The number of aromatic nitrogens is 1. The normalized spacial score (nSPS) is 18.6. The molecule has 3 rings (SSSR count). The molecule has 0 aromatic carbocycles. The maximum Gasteiger partial charge on any atom is 0.410 e. The van der Waals surface area contributed by atoms with Crippen LogP contribution in [0.3, 0.4) is 0 Å². The van der Waals surface area contributed by atoms with Crippen LogP contribution in [0.4, 0.5) is 4.79 Å². The molecule has 1 aromatic rings. The van der Waals surface area contributed by atoms with Crippen molar-refractivity contribution in [2.75, 3.05) is 6.54 Å². The van der Waals surface area contributed by atoms with Crippen LogP contribution < -0.4 is 5.56 Å². The number of rotatable bonds is 0. The summed E-state index contributed by atoms with van der Waals surface area (Å²) in [5.74, 6) is 0. The summed E-state index contributed by atoms with van der Waals surface area (Å²) in [6.07, 6.45) is 6.26. The molecule has 5 nitrogen and oxygen atoms in total. The molecule has 1 amide bonds. The number of hydrogen-bond acceptors (Lipinski definition) is 3. The zero-order valence-corrected chi connectivity index (χ0v) is 14.0. The first-order valence-corrected chi connectivity index (χ1v) is 7.86. The molecule has 1 aromatic heterocycles. The summed E-state index contributed by atoms with van der Waals surface area (Å²) in [6.45, 7) is 6.64. The number of nitrogens with zero attached hydrogens (tertiary/aromatic N) is 2. The van der Waals surface area contributed by atoms with E-state index in [1.54, 1.807) is 19.3 Å². The van der Waals surface area contributed by atoms with Crippen LogP contribution in [0.5, 0.6) is 0 Å². The minimum absolute atomic E-state index is 0.0347. The van der Waals surface area contributed by atoms with Crippen LogP contribution in [-0.4, -0.2) is 33.2 Å². The van der Waals surface area contributed by atoms with Gasteiger partial charge < -0.3 is 14.2 Å². The third-order valence-electron chi connectivity index (χ3n) is 4.04. The predicted octanol–water partition coefficient (Wildman–Crippen LogP) is 2.94. The molecule has 2 fully saturated rings. The van der Waals surface area contributed by atoms with Gasteiger partial charge in [-0.15, -0.1) is 0 Å². The fourth-order valence-corrected chi connectivity index (χ4v) is 2.71. The van der Waals surface area contributed by atoms with Crippen LogP contribution in [0.2, 0.25) is 0 Å². The fourth-order valence-electron chi connectivity index (χ4n) is 2.71. The van der Waals surface area contributed by atoms with Crippen LogP contribution in [0.1, 0.15) is 46.5 Å². The van der Waals surface area contributed by atoms with E-state index in [1.165, 1.54) is 29.9 Å². The van der Waals surface area contributed by atoms with Gasteiger partial charge in [0.05, 0.1) is 0 Å². The van der Waals surface area contributed by atoms with Gasteiger partial charge in [0.15, 0.2) is 0 Å². The molecule has 1 saturated carbocycles. The standard InChI is InChI=1S/C11H19NO2.C6H7NO/c1-10(2,3)14-9(13)12-8-4-5-11(12)6-7-11;1-7-5-3-2-4-6(7)8/h4-8H2,1-3H3;2-5H,1H3. The highest BCUT2D eigenvalue weighted by molar-refractivity contribution is 5.70. The summed E-state index contributed by atoms with van der Waals surface area (Å²) in [5.41, 5.74) is -0.120. The third-order valence-corrected chi connectivity index (χ3v) is 4.04. The minimum Gasteiger partial charge on any atom is -0.444 e. The van der Waals surface area contributed by atoms with Crippen molar-refractivity contribution in [3.05, 3.63) is 34.7 Å². The Hall–Kier alpha value is -1.78. The second-order valence-electron chi connectivity index (χ2n) is 7.11. The minimum atomic E-state index is -0.365. The second-order valence-corrected chi connectivity index (χ2v) is 7.11. The summed E-state index contributed by atoms with van der Waals surface area (Å²) >= 11 is 0. The van der Waals surface area contributed by atoms with Gasteiger partial charge in [-0.1, -0.05) is 6.07 Å². The van der Waals surface area contributed by atoms with Gasteiger partial charge in [-0.05, 0) is 52.5 Å². The highest BCUT2D eigenvalue weighted by Gasteiger charge is 2.53. The molecule has 5 heteroatoms. The van der Waals surface area contributed by atoms with E-state index in [9.17, 15) is 9.59 Å². The summed E-state index contributed by atoms with van der Waals surface area (Å²) in [4.78, 5) is 24.3. The topological polar surface area (TPSA) is 51.5 Å². The first-order valence-electron chi connectivity index (χ1n) is 7.86. The Morgan fingerprint density at radius 3 is 2.36 bits per heavy atom. The molecule has 0 bridgehead atoms. The van der Waals surface area contributed by atoms with E-state index in [-0.39, 0.29) is 22.8 Å².